The number of hydrogen-bond acceptors (Lipinski definition) is 4. The van der Waals surface area contributed by atoms with Crippen molar-refractivity contribution in [2.24, 2.45) is 0 Å². The number of carbonyl (C=O) groups excluding carboxylic acids is 1. The second kappa shape index (κ2) is 7.05. The van der Waals surface area contributed by atoms with Crippen LogP contribution in [-0.2, 0) is 0 Å². The Bertz CT molecular complexity index is 564. The first-order valence-electron chi connectivity index (χ1n) is 6.66. The van der Waals surface area contributed by atoms with Gasteiger partial charge in [-0.15, -0.1) is 0 Å². The van der Waals surface area contributed by atoms with Crippen LogP contribution in [0.2, 0.25) is 0 Å². The molecule has 4 nitrogen and oxygen atoms in total. The number of carbonyl (C=O) groups is 1. The van der Waals surface area contributed by atoms with Crippen LogP contribution in [0.15, 0.2) is 30.3 Å². The minimum Gasteiger partial charge on any atom is -0.494 e. The highest BCUT2D eigenvalue weighted by atomic mass is 32.1. The third-order valence-electron chi connectivity index (χ3n) is 2.75. The van der Waals surface area contributed by atoms with E-state index in [0.717, 1.165) is 29.3 Å². The number of unbranched alkanes of at least 4 members (excludes halogenated alkanes) is 1. The minimum absolute atomic E-state index is 0.131. The molecule has 0 aliphatic heterocycles. The molecule has 0 atom stereocenters. The molecular formula is C15H18N2O2S. The molecule has 0 saturated carbocycles. The maximum Gasteiger partial charge on any atom is 0.256 e. The molecule has 20 heavy (non-hydrogen) atoms. The number of aryl methyl sites for hydroxylation is 1. The first-order valence-corrected chi connectivity index (χ1v) is 7.44. The van der Waals surface area contributed by atoms with E-state index < -0.39 is 0 Å². The Hall–Kier alpha value is -1.88. The van der Waals surface area contributed by atoms with Crippen LogP contribution in [-0.4, -0.2) is 16.9 Å². The Labute approximate surface area is 123 Å². The third-order valence-corrected chi connectivity index (χ3v) is 3.54. The van der Waals surface area contributed by atoms with E-state index in [-0.39, 0.29) is 5.91 Å². The maximum absolute atomic E-state index is 12.0. The number of nitrogens with one attached hydrogen (secondary N) is 1. The lowest BCUT2D eigenvalue weighted by Crippen LogP contribution is -2.10. The van der Waals surface area contributed by atoms with Crippen molar-refractivity contribution in [1.29, 1.82) is 0 Å². The zero-order valence-corrected chi connectivity index (χ0v) is 12.5. The molecule has 1 aromatic heterocycles. The van der Waals surface area contributed by atoms with E-state index >= 15 is 0 Å². The molecule has 2 aromatic rings. The quantitative estimate of drug-likeness (QED) is 0.821. The van der Waals surface area contributed by atoms with Crippen molar-refractivity contribution in [3.63, 3.8) is 0 Å². The largest absolute Gasteiger partial charge is 0.494 e. The molecule has 5 heteroatoms. The van der Waals surface area contributed by atoms with E-state index in [9.17, 15) is 4.79 Å². The van der Waals surface area contributed by atoms with Gasteiger partial charge in [0.1, 0.15) is 10.8 Å². The van der Waals surface area contributed by atoms with Gasteiger partial charge in [-0.1, -0.05) is 13.3 Å². The van der Waals surface area contributed by atoms with Gasteiger partial charge in [-0.25, -0.2) is 0 Å². The number of amides is 1. The van der Waals surface area contributed by atoms with Crippen LogP contribution in [0.4, 0.5) is 5.00 Å². The van der Waals surface area contributed by atoms with Gasteiger partial charge in [0.2, 0.25) is 0 Å². The zero-order chi connectivity index (χ0) is 14.4. The molecular weight excluding hydrogens is 272 g/mol. The smallest absolute Gasteiger partial charge is 0.256 e. The normalized spacial score (nSPS) is 10.3. The van der Waals surface area contributed by atoms with E-state index in [4.69, 9.17) is 4.74 Å². The van der Waals surface area contributed by atoms with Gasteiger partial charge in [-0.05, 0) is 55.2 Å². The van der Waals surface area contributed by atoms with Crippen molar-refractivity contribution < 1.29 is 9.53 Å². The van der Waals surface area contributed by atoms with E-state index in [2.05, 4.69) is 16.6 Å². The molecule has 0 aliphatic carbocycles. The van der Waals surface area contributed by atoms with Crippen molar-refractivity contribution in [3.8, 4) is 5.75 Å². The fourth-order valence-electron chi connectivity index (χ4n) is 1.64. The highest BCUT2D eigenvalue weighted by Crippen LogP contribution is 2.18. The Balaban J connectivity index is 1.93. The van der Waals surface area contributed by atoms with Crippen LogP contribution < -0.4 is 10.1 Å². The van der Waals surface area contributed by atoms with Crippen LogP contribution in [0.25, 0.3) is 0 Å². The Morgan fingerprint density at radius 1 is 1.35 bits per heavy atom. The number of nitrogens with zero attached hydrogens (tertiary/aromatic N) is 1. The van der Waals surface area contributed by atoms with Gasteiger partial charge in [0.05, 0.1) is 12.3 Å². The molecule has 106 valence electrons. The number of aromatic nitrogens is 1. The van der Waals surface area contributed by atoms with Crippen molar-refractivity contribution in [2.75, 3.05) is 11.9 Å². The van der Waals surface area contributed by atoms with Gasteiger partial charge in [0, 0.05) is 5.56 Å². The second-order valence-electron chi connectivity index (χ2n) is 4.51. The highest BCUT2D eigenvalue weighted by Gasteiger charge is 2.08. The zero-order valence-electron chi connectivity index (χ0n) is 11.7. The topological polar surface area (TPSA) is 51.2 Å². The number of benzene rings is 1. The van der Waals surface area contributed by atoms with Crippen LogP contribution in [0, 0.1) is 6.92 Å². The lowest BCUT2D eigenvalue weighted by atomic mass is 10.2. The monoisotopic (exact) mass is 290 g/mol. The molecule has 2 rings (SSSR count). The van der Waals surface area contributed by atoms with Crippen LogP contribution in [0.1, 0.15) is 35.8 Å². The third kappa shape index (κ3) is 4.06. The predicted octanol–water partition coefficient (Wildman–Crippen LogP) is 3.88. The Kier molecular flexibility index (Phi) is 5.12. The Morgan fingerprint density at radius 3 is 2.70 bits per heavy atom. The summed E-state index contributed by atoms with van der Waals surface area (Å²) in [6, 6.07) is 9.03. The molecule has 0 bridgehead atoms. The molecule has 0 radical (unpaired) electrons. The average Bonchev–Trinajstić information content (AvgIpc) is 2.85. The predicted molar refractivity (Wildman–Crippen MR) is 81.6 cm³/mol. The van der Waals surface area contributed by atoms with E-state index in [1.807, 2.05) is 25.1 Å². The molecule has 1 amide bonds. The minimum atomic E-state index is -0.131. The summed E-state index contributed by atoms with van der Waals surface area (Å²) >= 11 is 1.28. The summed E-state index contributed by atoms with van der Waals surface area (Å²) in [7, 11) is 0. The van der Waals surface area contributed by atoms with Gasteiger partial charge < -0.3 is 10.1 Å². The van der Waals surface area contributed by atoms with Gasteiger partial charge in [-0.2, -0.15) is 4.37 Å². The van der Waals surface area contributed by atoms with Crippen LogP contribution in [0.3, 0.4) is 0 Å². The first-order chi connectivity index (χ1) is 9.69. The van der Waals surface area contributed by atoms with Crippen molar-refractivity contribution in [3.05, 3.63) is 41.6 Å². The standard InChI is InChI=1S/C15H18N2O2S/c1-3-4-9-19-13-7-5-12(6-8-13)15(18)16-14-10-11(2)17-20-14/h5-8,10H,3-4,9H2,1-2H3,(H,16,18). The SMILES string of the molecule is CCCCOc1ccc(C(=O)Nc2cc(C)ns2)cc1. The van der Waals surface area contributed by atoms with Crippen molar-refractivity contribution in [2.45, 2.75) is 26.7 Å². The summed E-state index contributed by atoms with van der Waals surface area (Å²) in [6.45, 7) is 4.73. The second-order valence-corrected chi connectivity index (χ2v) is 5.32. The number of rotatable bonds is 6. The summed E-state index contributed by atoms with van der Waals surface area (Å²) in [6.07, 6.45) is 2.14. The van der Waals surface area contributed by atoms with E-state index in [1.165, 1.54) is 11.5 Å². The molecule has 0 spiro atoms. The molecule has 1 N–H and O–H groups in total. The fourth-order valence-corrected chi connectivity index (χ4v) is 2.30. The molecule has 0 unspecified atom stereocenters. The highest BCUT2D eigenvalue weighted by molar-refractivity contribution is 7.10. The van der Waals surface area contributed by atoms with E-state index in [0.29, 0.717) is 12.2 Å². The molecule has 1 heterocycles. The number of anilines is 1. The Morgan fingerprint density at radius 2 is 2.10 bits per heavy atom. The lowest BCUT2D eigenvalue weighted by molar-refractivity contribution is 0.102. The fraction of sp³-hybridized carbons (Fsp3) is 0.333. The van der Waals surface area contributed by atoms with E-state index in [1.54, 1.807) is 12.1 Å². The van der Waals surface area contributed by atoms with Gasteiger partial charge in [0.15, 0.2) is 0 Å². The molecule has 1 aromatic carbocycles. The summed E-state index contributed by atoms with van der Waals surface area (Å²) in [5.41, 5.74) is 1.52. The summed E-state index contributed by atoms with van der Waals surface area (Å²) in [4.78, 5) is 12.0. The summed E-state index contributed by atoms with van der Waals surface area (Å²) in [5.74, 6) is 0.664. The molecule has 0 saturated heterocycles. The maximum atomic E-state index is 12.0. The van der Waals surface area contributed by atoms with Crippen LogP contribution >= 0.6 is 11.5 Å². The lowest BCUT2D eigenvalue weighted by Gasteiger charge is -2.06. The van der Waals surface area contributed by atoms with Gasteiger partial charge in [-0.3, -0.25) is 4.79 Å². The summed E-state index contributed by atoms with van der Waals surface area (Å²) in [5, 5.41) is 3.59. The molecule has 0 aliphatic rings. The number of ether oxygens (including phenoxy) is 1. The summed E-state index contributed by atoms with van der Waals surface area (Å²) < 4.78 is 9.69. The average molecular weight is 290 g/mol. The van der Waals surface area contributed by atoms with Gasteiger partial charge in [0.25, 0.3) is 5.91 Å². The molecule has 0 fully saturated rings. The van der Waals surface area contributed by atoms with Crippen molar-refractivity contribution in [1.82, 2.24) is 4.37 Å². The van der Waals surface area contributed by atoms with Crippen molar-refractivity contribution >= 4 is 22.4 Å². The number of hydrogen-bond donors (Lipinski definition) is 1. The van der Waals surface area contributed by atoms with Gasteiger partial charge >= 0.3 is 0 Å². The first kappa shape index (κ1) is 14.5. The van der Waals surface area contributed by atoms with Crippen LogP contribution in [0.5, 0.6) is 5.75 Å².